The number of fused-ring (bicyclic) bond motifs is 3. The van der Waals surface area contributed by atoms with Gasteiger partial charge in [0.05, 0.1) is 29.1 Å². The number of aryl methyl sites for hydroxylation is 1. The maximum absolute atomic E-state index is 14.9. The molecule has 3 atom stereocenters. The number of nitrogens with zero attached hydrogens (tertiary/aromatic N) is 5. The van der Waals surface area contributed by atoms with Crippen LogP contribution >= 0.6 is 0 Å². The molecule has 1 unspecified atom stereocenters. The summed E-state index contributed by atoms with van der Waals surface area (Å²) in [5.41, 5.74) is 0.268. The van der Waals surface area contributed by atoms with Crippen LogP contribution in [0.15, 0.2) is 24.3 Å². The topological polar surface area (TPSA) is 102 Å². The van der Waals surface area contributed by atoms with Crippen LogP contribution in [0.2, 0.25) is 0 Å². The number of aromatic hydroxyl groups is 1. The summed E-state index contributed by atoms with van der Waals surface area (Å²) in [5, 5.41) is 22.7. The second kappa shape index (κ2) is 10.3. The Bertz CT molecular complexity index is 1620. The summed E-state index contributed by atoms with van der Waals surface area (Å²) in [4.78, 5) is 29.2. The van der Waals surface area contributed by atoms with E-state index < -0.39 is 11.8 Å². The van der Waals surface area contributed by atoms with Crippen LogP contribution in [-0.2, 0) is 13.0 Å². The summed E-state index contributed by atoms with van der Waals surface area (Å²) < 4.78 is 35.6. The molecule has 228 valence electrons. The fourth-order valence-electron chi connectivity index (χ4n) is 7.73. The Kier molecular flexibility index (Phi) is 6.73. The van der Waals surface area contributed by atoms with E-state index in [1.165, 1.54) is 17.0 Å². The summed E-state index contributed by atoms with van der Waals surface area (Å²) in [5.74, 6) is -0.392. The number of hydrogen-bond donors (Lipinski definition) is 2. The van der Waals surface area contributed by atoms with Crippen LogP contribution in [0, 0.1) is 5.82 Å². The Balaban J connectivity index is 1.30. The number of rotatable bonds is 6. The van der Waals surface area contributed by atoms with E-state index in [1.54, 1.807) is 19.1 Å². The molecule has 4 aliphatic heterocycles. The van der Waals surface area contributed by atoms with E-state index >= 15 is 0 Å². The second-order valence-corrected chi connectivity index (χ2v) is 12.9. The Morgan fingerprint density at radius 2 is 1.98 bits per heavy atom. The average Bonchev–Trinajstić information content (AvgIpc) is 3.60. The largest absolute Gasteiger partial charge is 0.508 e. The Labute approximate surface area is 249 Å². The zero-order chi connectivity index (χ0) is 30.1. The van der Waals surface area contributed by atoms with Crippen LogP contribution in [0.25, 0.3) is 10.8 Å². The summed E-state index contributed by atoms with van der Waals surface area (Å²) >= 11 is 0. The van der Waals surface area contributed by atoms with Crippen molar-refractivity contribution in [3.05, 3.63) is 46.9 Å². The van der Waals surface area contributed by atoms with Gasteiger partial charge in [-0.25, -0.2) is 8.78 Å². The number of phenols is 1. The molecule has 4 aliphatic rings. The molecule has 2 N–H and O–H groups in total. The molecule has 7 rings (SSSR count). The molecular weight excluding hydrogens is 556 g/mol. The van der Waals surface area contributed by atoms with Crippen molar-refractivity contribution >= 4 is 28.2 Å². The van der Waals surface area contributed by atoms with Gasteiger partial charge < -0.3 is 24.7 Å². The average molecular weight is 594 g/mol. The lowest BCUT2D eigenvalue weighted by molar-refractivity contribution is 0.0445. The number of halogens is 2. The van der Waals surface area contributed by atoms with Crippen molar-refractivity contribution in [2.24, 2.45) is 0 Å². The van der Waals surface area contributed by atoms with Crippen molar-refractivity contribution in [2.75, 3.05) is 42.6 Å². The SMILES string of the molecule is CCc1c(F)ccc2cc(O)cc(N3Cc4nc(OC[C@@]56CCCN5C[C@H](F)C6)nc(N5CCCC(C)(O)C5)c4C3=O)c12. The minimum Gasteiger partial charge on any atom is -0.508 e. The Morgan fingerprint density at radius 3 is 2.77 bits per heavy atom. The first-order valence-electron chi connectivity index (χ1n) is 15.2. The van der Waals surface area contributed by atoms with Gasteiger partial charge in [-0.1, -0.05) is 13.0 Å². The normalized spacial score (nSPS) is 27.3. The lowest BCUT2D eigenvalue weighted by atomic mass is 9.95. The minimum absolute atomic E-state index is 0.0366. The van der Waals surface area contributed by atoms with E-state index in [0.717, 1.165) is 19.4 Å². The fourth-order valence-corrected chi connectivity index (χ4v) is 7.73. The number of aliphatic hydroxyl groups is 1. The molecule has 1 aromatic heterocycles. The van der Waals surface area contributed by atoms with Crippen molar-refractivity contribution in [1.82, 2.24) is 14.9 Å². The molecule has 5 heterocycles. The van der Waals surface area contributed by atoms with Crippen LogP contribution in [0.3, 0.4) is 0 Å². The molecule has 3 saturated heterocycles. The van der Waals surface area contributed by atoms with Gasteiger partial charge in [0, 0.05) is 37.5 Å². The third-order valence-corrected chi connectivity index (χ3v) is 9.69. The van der Waals surface area contributed by atoms with Crippen molar-refractivity contribution < 1.29 is 28.5 Å². The zero-order valence-electron chi connectivity index (χ0n) is 24.6. The van der Waals surface area contributed by atoms with Crippen LogP contribution in [0.4, 0.5) is 20.3 Å². The number of anilines is 2. The number of amides is 1. The monoisotopic (exact) mass is 593 g/mol. The molecule has 0 spiro atoms. The molecule has 43 heavy (non-hydrogen) atoms. The fraction of sp³-hybridized carbons (Fsp3) is 0.531. The maximum Gasteiger partial charge on any atom is 0.318 e. The highest BCUT2D eigenvalue weighted by Gasteiger charge is 2.49. The lowest BCUT2D eigenvalue weighted by Crippen LogP contribution is -2.47. The molecule has 0 saturated carbocycles. The standard InChI is InChI=1S/C32H37F2N5O4/c1-3-22-23(34)7-6-19-12-21(40)13-25(26(19)22)39-16-24-27(29(39)41)28(37-10-4-8-31(2,42)17-37)36-30(35-24)43-18-32-9-5-11-38(32)15-20(33)14-32/h6-7,12-13,20,40,42H,3-5,8-11,14-18H2,1-2H3/t20-,31?,32+/m1/s1. The van der Waals surface area contributed by atoms with E-state index in [0.29, 0.717) is 77.9 Å². The van der Waals surface area contributed by atoms with E-state index in [4.69, 9.17) is 14.7 Å². The number of carbonyl (C=O) groups excluding carboxylic acids is 1. The van der Waals surface area contributed by atoms with Gasteiger partial charge in [-0.3, -0.25) is 9.69 Å². The minimum atomic E-state index is -0.962. The van der Waals surface area contributed by atoms with Crippen molar-refractivity contribution in [3.63, 3.8) is 0 Å². The van der Waals surface area contributed by atoms with Gasteiger partial charge in [0.2, 0.25) is 0 Å². The van der Waals surface area contributed by atoms with Crippen molar-refractivity contribution in [3.8, 4) is 11.8 Å². The van der Waals surface area contributed by atoms with E-state index in [-0.39, 0.29) is 48.7 Å². The van der Waals surface area contributed by atoms with Crippen molar-refractivity contribution in [1.29, 1.82) is 0 Å². The molecule has 3 aromatic rings. The quantitative estimate of drug-likeness (QED) is 0.431. The predicted octanol–water partition coefficient (Wildman–Crippen LogP) is 4.50. The molecule has 2 aromatic carbocycles. The number of aromatic nitrogens is 2. The van der Waals surface area contributed by atoms with Gasteiger partial charge in [-0.15, -0.1) is 0 Å². The number of β-amino-alcohol motifs (C(OH)–C–C–N with tert-alkyl or cyclic N) is 1. The smallest absolute Gasteiger partial charge is 0.318 e. The summed E-state index contributed by atoms with van der Waals surface area (Å²) in [6.07, 6.45) is 3.09. The Morgan fingerprint density at radius 1 is 1.16 bits per heavy atom. The molecule has 1 amide bonds. The third kappa shape index (κ3) is 4.77. The molecule has 3 fully saturated rings. The van der Waals surface area contributed by atoms with Gasteiger partial charge >= 0.3 is 6.01 Å². The van der Waals surface area contributed by atoms with Crippen LogP contribution < -0.4 is 14.5 Å². The number of phenolic OH excluding ortho intramolecular Hbond substituents is 1. The van der Waals surface area contributed by atoms with Gasteiger partial charge in [-0.05, 0) is 68.7 Å². The number of benzene rings is 2. The Hall–Kier alpha value is -3.57. The maximum atomic E-state index is 14.9. The molecular formula is C32H37F2N5O4. The van der Waals surface area contributed by atoms with E-state index in [2.05, 4.69) is 4.90 Å². The second-order valence-electron chi connectivity index (χ2n) is 12.9. The van der Waals surface area contributed by atoms with Gasteiger partial charge in [0.25, 0.3) is 5.91 Å². The molecule has 0 aliphatic carbocycles. The number of hydrogen-bond acceptors (Lipinski definition) is 8. The number of alkyl halides is 1. The highest BCUT2D eigenvalue weighted by molar-refractivity contribution is 6.16. The third-order valence-electron chi connectivity index (χ3n) is 9.69. The first-order valence-corrected chi connectivity index (χ1v) is 15.2. The highest BCUT2D eigenvalue weighted by atomic mass is 19.1. The first kappa shape index (κ1) is 28.2. The zero-order valence-corrected chi connectivity index (χ0v) is 24.6. The summed E-state index contributed by atoms with van der Waals surface area (Å²) in [6.45, 7) is 6.06. The summed E-state index contributed by atoms with van der Waals surface area (Å²) in [7, 11) is 0. The van der Waals surface area contributed by atoms with Gasteiger partial charge in [-0.2, -0.15) is 9.97 Å². The van der Waals surface area contributed by atoms with Gasteiger partial charge in [0.1, 0.15) is 35.7 Å². The van der Waals surface area contributed by atoms with Crippen LogP contribution in [0.5, 0.6) is 11.8 Å². The number of ether oxygens (including phenoxy) is 1. The van der Waals surface area contributed by atoms with Crippen LogP contribution in [0.1, 0.15) is 67.6 Å². The number of carbonyl (C=O) groups is 1. The van der Waals surface area contributed by atoms with E-state index in [1.807, 2.05) is 11.8 Å². The lowest BCUT2D eigenvalue weighted by Gasteiger charge is -2.38. The first-order chi connectivity index (χ1) is 20.6. The summed E-state index contributed by atoms with van der Waals surface area (Å²) in [6, 6.07) is 6.14. The molecule has 0 bridgehead atoms. The van der Waals surface area contributed by atoms with Crippen LogP contribution in [-0.4, -0.2) is 81.1 Å². The predicted molar refractivity (Wildman–Crippen MR) is 158 cm³/mol. The van der Waals surface area contributed by atoms with E-state index in [9.17, 15) is 23.8 Å². The van der Waals surface area contributed by atoms with Gasteiger partial charge in [0.15, 0.2) is 0 Å². The van der Waals surface area contributed by atoms with Crippen molar-refractivity contribution in [2.45, 2.75) is 76.2 Å². The molecule has 11 heteroatoms. The molecule has 9 nitrogen and oxygen atoms in total. The molecule has 0 radical (unpaired) electrons. The number of piperidine rings is 1. The highest BCUT2D eigenvalue weighted by Crippen LogP contribution is 2.43.